The molecule has 1 aliphatic rings. The third-order valence-electron chi connectivity index (χ3n) is 4.89. The Hall–Kier alpha value is -2.95. The fourth-order valence-corrected chi connectivity index (χ4v) is 5.13. The number of hydrogen-bond donors (Lipinski definition) is 1. The van der Waals surface area contributed by atoms with Crippen LogP contribution in [0.1, 0.15) is 0 Å². The van der Waals surface area contributed by atoms with Crippen LogP contribution in [-0.4, -0.2) is 61.2 Å². The zero-order chi connectivity index (χ0) is 21.8. The quantitative estimate of drug-likeness (QED) is 0.599. The Kier molecular flexibility index (Phi) is 6.21. The first-order valence-corrected chi connectivity index (χ1v) is 11.4. The van der Waals surface area contributed by atoms with Gasteiger partial charge in [-0.1, -0.05) is 11.6 Å². The number of aromatic nitrogens is 3. The molecule has 0 aliphatic carbocycles. The van der Waals surface area contributed by atoms with Crippen molar-refractivity contribution in [1.82, 2.24) is 19.5 Å². The summed E-state index contributed by atoms with van der Waals surface area (Å²) in [4.78, 5) is 6.12. The van der Waals surface area contributed by atoms with Crippen LogP contribution in [0.25, 0.3) is 0 Å². The summed E-state index contributed by atoms with van der Waals surface area (Å²) in [6.07, 6.45) is 3.40. The highest BCUT2D eigenvalue weighted by molar-refractivity contribution is 7.89. The first-order valence-electron chi connectivity index (χ1n) is 9.57. The second-order valence-corrected chi connectivity index (χ2v) is 9.17. The molecule has 2 aromatic heterocycles. The molecule has 162 valence electrons. The first kappa shape index (κ1) is 21.3. The van der Waals surface area contributed by atoms with E-state index in [-0.39, 0.29) is 10.6 Å². The molecule has 1 aromatic carbocycles. The minimum absolute atomic E-state index is 0.0709. The van der Waals surface area contributed by atoms with Crippen LogP contribution in [0.4, 0.5) is 17.3 Å². The third kappa shape index (κ3) is 4.71. The maximum atomic E-state index is 13.1. The van der Waals surface area contributed by atoms with Crippen molar-refractivity contribution in [3.8, 4) is 5.75 Å². The van der Waals surface area contributed by atoms with Gasteiger partial charge in [0.25, 0.3) is 0 Å². The number of methoxy groups -OCH3 is 1. The Morgan fingerprint density at radius 1 is 1.06 bits per heavy atom. The van der Waals surface area contributed by atoms with Crippen LogP contribution in [0.2, 0.25) is 5.02 Å². The average Bonchev–Trinajstić information content (AvgIpc) is 2.80. The summed E-state index contributed by atoms with van der Waals surface area (Å²) in [7, 11) is -2.29. The number of nitrogens with zero attached hydrogens (tertiary/aromatic N) is 5. The van der Waals surface area contributed by atoms with Crippen molar-refractivity contribution >= 4 is 38.9 Å². The van der Waals surface area contributed by atoms with Crippen molar-refractivity contribution in [2.45, 2.75) is 4.90 Å². The van der Waals surface area contributed by atoms with E-state index in [1.807, 2.05) is 29.2 Å². The van der Waals surface area contributed by atoms with E-state index in [9.17, 15) is 8.42 Å². The second kappa shape index (κ2) is 9.04. The van der Waals surface area contributed by atoms with Crippen LogP contribution in [0.3, 0.4) is 0 Å². The lowest BCUT2D eigenvalue weighted by atomic mass is 10.3. The highest BCUT2D eigenvalue weighted by Gasteiger charge is 2.31. The predicted octanol–water partition coefficient (Wildman–Crippen LogP) is 2.79. The number of rotatable bonds is 6. The first-order chi connectivity index (χ1) is 15.0. The highest BCUT2D eigenvalue weighted by Crippen LogP contribution is 2.30. The lowest BCUT2D eigenvalue weighted by Gasteiger charge is -2.34. The van der Waals surface area contributed by atoms with Crippen LogP contribution in [0.15, 0.2) is 59.8 Å². The minimum Gasteiger partial charge on any atom is -0.495 e. The Labute approximate surface area is 185 Å². The fourth-order valence-electron chi connectivity index (χ4n) is 3.29. The summed E-state index contributed by atoms with van der Waals surface area (Å²) >= 11 is 6.02. The Morgan fingerprint density at radius 2 is 1.87 bits per heavy atom. The van der Waals surface area contributed by atoms with Gasteiger partial charge in [-0.2, -0.15) is 4.31 Å². The molecule has 0 unspecified atom stereocenters. The molecule has 1 saturated heterocycles. The highest BCUT2D eigenvalue weighted by atomic mass is 35.5. The van der Waals surface area contributed by atoms with Gasteiger partial charge in [-0.05, 0) is 42.5 Å². The van der Waals surface area contributed by atoms with E-state index in [2.05, 4.69) is 20.5 Å². The van der Waals surface area contributed by atoms with Gasteiger partial charge in [-0.25, -0.2) is 8.42 Å². The molecule has 0 bridgehead atoms. The lowest BCUT2D eigenvalue weighted by molar-refractivity contribution is 0.373. The number of ether oxygens (including phenoxy) is 1. The largest absolute Gasteiger partial charge is 0.495 e. The summed E-state index contributed by atoms with van der Waals surface area (Å²) in [5.41, 5.74) is 0.819. The van der Waals surface area contributed by atoms with Crippen molar-refractivity contribution < 1.29 is 13.2 Å². The molecule has 1 fully saturated rings. The van der Waals surface area contributed by atoms with E-state index in [1.54, 1.807) is 24.5 Å². The molecular weight excluding hydrogens is 440 g/mol. The zero-order valence-corrected chi connectivity index (χ0v) is 18.3. The maximum absolute atomic E-state index is 13.1. The van der Waals surface area contributed by atoms with Gasteiger partial charge in [-0.15, -0.1) is 10.2 Å². The number of anilines is 3. The topological polar surface area (TPSA) is 101 Å². The van der Waals surface area contributed by atoms with E-state index < -0.39 is 10.0 Å². The Balaban J connectivity index is 1.42. The van der Waals surface area contributed by atoms with Gasteiger partial charge in [0.2, 0.25) is 10.0 Å². The van der Waals surface area contributed by atoms with Crippen LogP contribution >= 0.6 is 11.6 Å². The summed E-state index contributed by atoms with van der Waals surface area (Å²) in [6.45, 7) is 1.61. The SMILES string of the molecule is COc1ccc(Cl)cc1S(=O)(=O)N1CCN(c2ccc(Nc3cccnc3)nn2)CC1. The maximum Gasteiger partial charge on any atom is 0.246 e. The molecule has 3 aromatic rings. The van der Waals surface area contributed by atoms with Crippen molar-refractivity contribution in [2.24, 2.45) is 0 Å². The number of hydrogen-bond acceptors (Lipinski definition) is 8. The van der Waals surface area contributed by atoms with Crippen molar-refractivity contribution in [1.29, 1.82) is 0 Å². The summed E-state index contributed by atoms with van der Waals surface area (Å²) < 4.78 is 32.9. The molecule has 4 rings (SSSR count). The molecule has 0 amide bonds. The number of benzene rings is 1. The van der Waals surface area contributed by atoms with E-state index in [0.717, 1.165) is 5.69 Å². The van der Waals surface area contributed by atoms with Crippen molar-refractivity contribution in [3.05, 3.63) is 59.9 Å². The van der Waals surface area contributed by atoms with E-state index in [4.69, 9.17) is 16.3 Å². The number of sulfonamides is 1. The molecule has 0 atom stereocenters. The second-order valence-electron chi connectivity index (χ2n) is 6.83. The number of pyridine rings is 1. The molecule has 1 N–H and O–H groups in total. The third-order valence-corrected chi connectivity index (χ3v) is 7.05. The Bertz CT molecular complexity index is 1140. The van der Waals surface area contributed by atoms with E-state index >= 15 is 0 Å². The van der Waals surface area contributed by atoms with Gasteiger partial charge in [0.1, 0.15) is 10.6 Å². The van der Waals surface area contributed by atoms with Gasteiger partial charge in [0, 0.05) is 37.4 Å². The summed E-state index contributed by atoms with van der Waals surface area (Å²) in [5, 5.41) is 11.9. The monoisotopic (exact) mass is 460 g/mol. The number of halogens is 1. The molecule has 11 heteroatoms. The Morgan fingerprint density at radius 3 is 2.52 bits per heavy atom. The van der Waals surface area contributed by atoms with Gasteiger partial charge in [0.15, 0.2) is 11.6 Å². The van der Waals surface area contributed by atoms with Gasteiger partial charge < -0.3 is 15.0 Å². The standard InChI is InChI=1S/C20H21ClN6O3S/c1-30-17-5-4-15(21)13-18(17)31(28,29)27-11-9-26(10-12-27)20-7-6-19(24-25-20)23-16-3-2-8-22-14-16/h2-8,13-14H,9-12H2,1H3,(H,23,24). The summed E-state index contributed by atoms with van der Waals surface area (Å²) in [5.74, 6) is 1.56. The van der Waals surface area contributed by atoms with E-state index in [0.29, 0.717) is 42.8 Å². The van der Waals surface area contributed by atoms with Crippen LogP contribution in [0.5, 0.6) is 5.75 Å². The normalized spacial score (nSPS) is 15.0. The number of piperazine rings is 1. The molecule has 0 spiro atoms. The van der Waals surface area contributed by atoms with Crippen molar-refractivity contribution in [3.63, 3.8) is 0 Å². The van der Waals surface area contributed by atoms with Crippen molar-refractivity contribution in [2.75, 3.05) is 43.5 Å². The van der Waals surface area contributed by atoms with Crippen LogP contribution in [0, 0.1) is 0 Å². The minimum atomic E-state index is -3.73. The van der Waals surface area contributed by atoms with E-state index in [1.165, 1.54) is 17.5 Å². The zero-order valence-electron chi connectivity index (χ0n) is 16.8. The van der Waals surface area contributed by atoms with Crippen LogP contribution in [-0.2, 0) is 10.0 Å². The molecular formula is C20H21ClN6O3S. The lowest BCUT2D eigenvalue weighted by Crippen LogP contribution is -2.49. The molecule has 0 radical (unpaired) electrons. The fraction of sp³-hybridized carbons (Fsp3) is 0.250. The number of nitrogens with one attached hydrogen (secondary N) is 1. The molecule has 31 heavy (non-hydrogen) atoms. The summed E-state index contributed by atoms with van der Waals surface area (Å²) in [6, 6.07) is 12.0. The molecule has 3 heterocycles. The molecule has 0 saturated carbocycles. The van der Waals surface area contributed by atoms with Gasteiger partial charge in [0.05, 0.1) is 19.0 Å². The van der Waals surface area contributed by atoms with Crippen LogP contribution < -0.4 is 15.0 Å². The molecule has 9 nitrogen and oxygen atoms in total. The molecule has 1 aliphatic heterocycles. The predicted molar refractivity (Wildman–Crippen MR) is 119 cm³/mol. The van der Waals surface area contributed by atoms with Gasteiger partial charge in [-0.3, -0.25) is 4.98 Å². The van der Waals surface area contributed by atoms with Gasteiger partial charge >= 0.3 is 0 Å². The smallest absolute Gasteiger partial charge is 0.246 e. The average molecular weight is 461 g/mol.